The maximum atomic E-state index is 10.7. The first-order chi connectivity index (χ1) is 5.16. The second kappa shape index (κ2) is 5.71. The fraction of sp³-hybridized carbons (Fsp3) is 0.444. The first kappa shape index (κ1) is 9.95. The monoisotopic (exact) mass is 154 g/mol. The van der Waals surface area contributed by atoms with E-state index >= 15 is 0 Å². The average molecular weight is 154 g/mol. The molecular weight excluding hydrogens is 140 g/mol. The van der Waals surface area contributed by atoms with Crippen LogP contribution in [0, 0.1) is 5.92 Å². The molecule has 62 valence electrons. The summed E-state index contributed by atoms with van der Waals surface area (Å²) >= 11 is 0. The van der Waals surface area contributed by atoms with E-state index in [0.717, 1.165) is 0 Å². The van der Waals surface area contributed by atoms with Gasteiger partial charge in [-0.15, -0.1) is 0 Å². The molecule has 2 heteroatoms. The molecule has 2 nitrogen and oxygen atoms in total. The Morgan fingerprint density at radius 1 is 1.64 bits per heavy atom. The number of carbonyl (C=O) groups is 1. The van der Waals surface area contributed by atoms with Gasteiger partial charge in [0.1, 0.15) is 0 Å². The van der Waals surface area contributed by atoms with Crippen LogP contribution >= 0.6 is 0 Å². The summed E-state index contributed by atoms with van der Waals surface area (Å²) in [5.74, 6) is 0.0784. The molecule has 0 spiro atoms. The molecule has 11 heavy (non-hydrogen) atoms. The molecule has 0 saturated heterocycles. The Kier molecular flexibility index (Phi) is 5.17. The highest BCUT2D eigenvalue weighted by molar-refractivity contribution is 5.82. The Bertz CT molecular complexity index is 157. The van der Waals surface area contributed by atoms with Crippen molar-refractivity contribution in [1.29, 1.82) is 0 Å². The van der Waals surface area contributed by atoms with Gasteiger partial charge in [0.15, 0.2) is 0 Å². The minimum atomic E-state index is -0.307. The summed E-state index contributed by atoms with van der Waals surface area (Å²) in [5.41, 5.74) is 0. The van der Waals surface area contributed by atoms with Gasteiger partial charge in [0, 0.05) is 6.08 Å². The minimum Gasteiger partial charge on any atom is -0.462 e. The van der Waals surface area contributed by atoms with E-state index in [0.29, 0.717) is 12.5 Å². The number of carbonyl (C=O) groups excluding carboxylic acids is 1. The topological polar surface area (TPSA) is 26.3 Å². The predicted molar refractivity (Wildman–Crippen MR) is 45.1 cm³/mol. The standard InChI is InChI=1S/C9H14O2/c1-4-5-6-9(10)11-7-8(2)3/h4-6,8H,1,7H2,2-3H3. The Morgan fingerprint density at radius 2 is 2.27 bits per heavy atom. The van der Waals surface area contributed by atoms with Gasteiger partial charge >= 0.3 is 5.97 Å². The van der Waals surface area contributed by atoms with Crippen LogP contribution in [0.5, 0.6) is 0 Å². The molecule has 0 aliphatic rings. The van der Waals surface area contributed by atoms with Gasteiger partial charge in [-0.1, -0.05) is 32.6 Å². The fourth-order valence-corrected chi connectivity index (χ4v) is 0.444. The van der Waals surface area contributed by atoms with Crippen molar-refractivity contribution in [3.63, 3.8) is 0 Å². The quantitative estimate of drug-likeness (QED) is 0.351. The zero-order chi connectivity index (χ0) is 8.69. The van der Waals surface area contributed by atoms with Crippen LogP contribution in [-0.2, 0) is 9.53 Å². The van der Waals surface area contributed by atoms with Crippen LogP contribution in [0.4, 0.5) is 0 Å². The van der Waals surface area contributed by atoms with E-state index in [1.54, 1.807) is 6.08 Å². The summed E-state index contributed by atoms with van der Waals surface area (Å²) in [5, 5.41) is 0. The molecule has 0 N–H and O–H groups in total. The van der Waals surface area contributed by atoms with Crippen molar-refractivity contribution in [2.24, 2.45) is 5.92 Å². The SMILES string of the molecule is C=CC=CC(=O)OCC(C)C. The van der Waals surface area contributed by atoms with Crippen molar-refractivity contribution >= 4 is 5.97 Å². The third-order valence-electron chi connectivity index (χ3n) is 0.927. The molecule has 0 rings (SSSR count). The summed E-state index contributed by atoms with van der Waals surface area (Å²) in [7, 11) is 0. The molecule has 0 unspecified atom stereocenters. The molecular formula is C9H14O2. The maximum Gasteiger partial charge on any atom is 0.330 e. The molecule has 0 saturated carbocycles. The second-order valence-electron chi connectivity index (χ2n) is 2.62. The molecule has 0 aromatic rings. The molecule has 0 amide bonds. The molecule has 0 aromatic carbocycles. The van der Waals surface area contributed by atoms with Crippen molar-refractivity contribution in [3.8, 4) is 0 Å². The number of hydrogen-bond acceptors (Lipinski definition) is 2. The molecule has 0 bridgehead atoms. The molecule has 0 radical (unpaired) electrons. The van der Waals surface area contributed by atoms with E-state index in [-0.39, 0.29) is 5.97 Å². The van der Waals surface area contributed by atoms with Gasteiger partial charge in [-0.3, -0.25) is 0 Å². The summed E-state index contributed by atoms with van der Waals surface area (Å²) in [6, 6.07) is 0. The summed E-state index contributed by atoms with van der Waals surface area (Å²) in [6.45, 7) is 7.89. The Labute approximate surface area is 67.6 Å². The van der Waals surface area contributed by atoms with Crippen LogP contribution < -0.4 is 0 Å². The summed E-state index contributed by atoms with van der Waals surface area (Å²) < 4.78 is 4.83. The van der Waals surface area contributed by atoms with Gasteiger partial charge in [0.25, 0.3) is 0 Å². The van der Waals surface area contributed by atoms with Gasteiger partial charge in [-0.2, -0.15) is 0 Å². The van der Waals surface area contributed by atoms with Gasteiger partial charge in [-0.05, 0) is 5.92 Å². The van der Waals surface area contributed by atoms with E-state index < -0.39 is 0 Å². The zero-order valence-corrected chi connectivity index (χ0v) is 7.04. The highest BCUT2D eigenvalue weighted by Crippen LogP contribution is 1.93. The van der Waals surface area contributed by atoms with Gasteiger partial charge in [0.2, 0.25) is 0 Å². The lowest BCUT2D eigenvalue weighted by Crippen LogP contribution is -2.06. The molecule has 0 aromatic heterocycles. The van der Waals surface area contributed by atoms with Crippen molar-refractivity contribution in [2.45, 2.75) is 13.8 Å². The maximum absolute atomic E-state index is 10.7. The zero-order valence-electron chi connectivity index (χ0n) is 7.04. The van der Waals surface area contributed by atoms with Gasteiger partial charge < -0.3 is 4.74 Å². The van der Waals surface area contributed by atoms with Crippen molar-refractivity contribution in [1.82, 2.24) is 0 Å². The van der Waals surface area contributed by atoms with Crippen molar-refractivity contribution < 1.29 is 9.53 Å². The number of esters is 1. The van der Waals surface area contributed by atoms with Crippen LogP contribution in [0.25, 0.3) is 0 Å². The van der Waals surface area contributed by atoms with Crippen LogP contribution in [0.15, 0.2) is 24.8 Å². The molecule has 0 heterocycles. The molecule has 0 fully saturated rings. The lowest BCUT2D eigenvalue weighted by Gasteiger charge is -2.03. The normalized spacial score (nSPS) is 10.5. The fourth-order valence-electron chi connectivity index (χ4n) is 0.444. The molecule has 0 aliphatic carbocycles. The van der Waals surface area contributed by atoms with Crippen LogP contribution in [0.1, 0.15) is 13.8 Å². The van der Waals surface area contributed by atoms with E-state index in [9.17, 15) is 4.79 Å². The summed E-state index contributed by atoms with van der Waals surface area (Å²) in [4.78, 5) is 10.7. The van der Waals surface area contributed by atoms with Crippen LogP contribution in [0.3, 0.4) is 0 Å². The van der Waals surface area contributed by atoms with Crippen LogP contribution in [-0.4, -0.2) is 12.6 Å². The van der Waals surface area contributed by atoms with E-state index in [1.165, 1.54) is 12.2 Å². The Balaban J connectivity index is 3.53. The molecule has 0 atom stereocenters. The first-order valence-electron chi connectivity index (χ1n) is 3.62. The number of rotatable bonds is 4. The minimum absolute atomic E-state index is 0.307. The smallest absolute Gasteiger partial charge is 0.330 e. The Hall–Kier alpha value is -1.05. The number of ether oxygens (including phenoxy) is 1. The van der Waals surface area contributed by atoms with E-state index in [2.05, 4.69) is 6.58 Å². The third kappa shape index (κ3) is 6.84. The third-order valence-corrected chi connectivity index (χ3v) is 0.927. The Morgan fingerprint density at radius 3 is 2.73 bits per heavy atom. The largest absolute Gasteiger partial charge is 0.462 e. The van der Waals surface area contributed by atoms with Crippen molar-refractivity contribution in [3.05, 3.63) is 24.8 Å². The van der Waals surface area contributed by atoms with Crippen LogP contribution in [0.2, 0.25) is 0 Å². The van der Waals surface area contributed by atoms with Crippen molar-refractivity contribution in [2.75, 3.05) is 6.61 Å². The number of allylic oxidation sites excluding steroid dienone is 2. The molecule has 0 aliphatic heterocycles. The van der Waals surface area contributed by atoms with Gasteiger partial charge in [-0.25, -0.2) is 4.79 Å². The first-order valence-corrected chi connectivity index (χ1v) is 3.62. The highest BCUT2D eigenvalue weighted by atomic mass is 16.5. The number of hydrogen-bond donors (Lipinski definition) is 0. The lowest BCUT2D eigenvalue weighted by molar-refractivity contribution is -0.138. The average Bonchev–Trinajstić information content (AvgIpc) is 1.97. The second-order valence-corrected chi connectivity index (χ2v) is 2.62. The van der Waals surface area contributed by atoms with Gasteiger partial charge in [0.05, 0.1) is 6.61 Å². The van der Waals surface area contributed by atoms with E-state index in [1.807, 2.05) is 13.8 Å². The summed E-state index contributed by atoms with van der Waals surface area (Å²) in [6.07, 6.45) is 4.45. The van der Waals surface area contributed by atoms with E-state index in [4.69, 9.17) is 4.74 Å². The lowest BCUT2D eigenvalue weighted by atomic mass is 10.2. The highest BCUT2D eigenvalue weighted by Gasteiger charge is 1.97. The predicted octanol–water partition coefficient (Wildman–Crippen LogP) is 1.93.